The van der Waals surface area contributed by atoms with Gasteiger partial charge in [0.15, 0.2) is 17.3 Å². The largest absolute Gasteiger partial charge is 0.493 e. The fraction of sp³-hybridized carbons (Fsp3) is 0.375. The summed E-state index contributed by atoms with van der Waals surface area (Å²) in [5.74, 6) is 0.814. The Bertz CT molecular complexity index is 1030. The van der Waals surface area contributed by atoms with Crippen molar-refractivity contribution in [3.05, 3.63) is 59.6 Å². The number of carbonyl (C=O) groups excluding carboxylic acids is 2. The maximum atomic E-state index is 13.4. The number of benzene rings is 1. The van der Waals surface area contributed by atoms with E-state index in [2.05, 4.69) is 18.8 Å². The van der Waals surface area contributed by atoms with E-state index in [0.29, 0.717) is 35.6 Å². The van der Waals surface area contributed by atoms with Gasteiger partial charge in [0.1, 0.15) is 0 Å². The predicted octanol–water partition coefficient (Wildman–Crippen LogP) is 4.26. The molecule has 2 aliphatic rings. The van der Waals surface area contributed by atoms with Crippen molar-refractivity contribution in [1.29, 1.82) is 0 Å². The third-order valence-corrected chi connectivity index (χ3v) is 5.86. The number of hydrogen-bond donors (Lipinski definition) is 0. The van der Waals surface area contributed by atoms with Gasteiger partial charge in [-0.3, -0.25) is 19.5 Å². The number of pyridine rings is 1. The number of aromatic nitrogens is 1. The summed E-state index contributed by atoms with van der Waals surface area (Å²) in [4.78, 5) is 32.6. The first-order valence-corrected chi connectivity index (χ1v) is 10.1. The van der Waals surface area contributed by atoms with Crippen LogP contribution >= 0.6 is 0 Å². The van der Waals surface area contributed by atoms with Crippen molar-refractivity contribution >= 4 is 17.4 Å². The number of rotatable bonds is 4. The van der Waals surface area contributed by atoms with Gasteiger partial charge in [0.25, 0.3) is 0 Å². The average Bonchev–Trinajstić information content (AvgIpc) is 2.72. The Morgan fingerprint density at radius 3 is 2.53 bits per heavy atom. The molecule has 30 heavy (non-hydrogen) atoms. The van der Waals surface area contributed by atoms with Gasteiger partial charge >= 0.3 is 0 Å². The lowest BCUT2D eigenvalue weighted by atomic mass is 9.69. The molecule has 0 spiro atoms. The molecule has 1 atom stereocenters. The van der Waals surface area contributed by atoms with Gasteiger partial charge < -0.3 is 9.47 Å². The molecule has 0 fully saturated rings. The molecule has 6 heteroatoms. The third kappa shape index (κ3) is 3.36. The molecule has 1 aromatic carbocycles. The van der Waals surface area contributed by atoms with Gasteiger partial charge in [-0.15, -0.1) is 0 Å². The Morgan fingerprint density at radius 2 is 1.87 bits per heavy atom. The zero-order valence-corrected chi connectivity index (χ0v) is 17.8. The Hall–Kier alpha value is -3.15. The van der Waals surface area contributed by atoms with E-state index in [4.69, 9.17) is 9.47 Å². The fourth-order valence-corrected chi connectivity index (χ4v) is 4.65. The summed E-state index contributed by atoms with van der Waals surface area (Å²) in [6, 6.07) is 9.25. The van der Waals surface area contributed by atoms with Crippen LogP contribution in [0.25, 0.3) is 0 Å². The van der Waals surface area contributed by atoms with Gasteiger partial charge in [0.2, 0.25) is 5.91 Å². The molecule has 6 nitrogen and oxygen atoms in total. The van der Waals surface area contributed by atoms with Gasteiger partial charge in [0, 0.05) is 41.8 Å². The minimum atomic E-state index is -0.367. The summed E-state index contributed by atoms with van der Waals surface area (Å²) >= 11 is 0. The molecule has 156 valence electrons. The van der Waals surface area contributed by atoms with Crippen LogP contribution in [0, 0.1) is 5.41 Å². The number of methoxy groups -OCH3 is 2. The number of ketones is 1. The lowest BCUT2D eigenvalue weighted by molar-refractivity contribution is -0.121. The molecule has 0 bridgehead atoms. The molecular weight excluding hydrogens is 380 g/mol. The number of hydrogen-bond acceptors (Lipinski definition) is 5. The second kappa shape index (κ2) is 7.59. The van der Waals surface area contributed by atoms with E-state index >= 15 is 0 Å². The Labute approximate surface area is 176 Å². The first-order chi connectivity index (χ1) is 14.4. The van der Waals surface area contributed by atoms with Crippen molar-refractivity contribution in [2.45, 2.75) is 39.0 Å². The lowest BCUT2D eigenvalue weighted by Gasteiger charge is -2.43. The van der Waals surface area contributed by atoms with Crippen LogP contribution in [-0.2, 0) is 9.59 Å². The highest BCUT2D eigenvalue weighted by atomic mass is 16.5. The second-order valence-electron chi connectivity index (χ2n) is 8.58. The molecule has 0 radical (unpaired) electrons. The zero-order valence-electron chi connectivity index (χ0n) is 17.8. The molecule has 1 aromatic heterocycles. The minimum Gasteiger partial charge on any atom is -0.493 e. The second-order valence-corrected chi connectivity index (χ2v) is 8.58. The molecule has 0 N–H and O–H groups in total. The van der Waals surface area contributed by atoms with E-state index in [1.54, 1.807) is 37.6 Å². The van der Waals surface area contributed by atoms with Crippen molar-refractivity contribution in [3.8, 4) is 11.5 Å². The standard InChI is InChI=1S/C24H26N2O4/c1-24(2)12-18-22(19(27)13-24)17(16-8-5-9-20(29-3)23(16)30-4)11-21(28)26(18)15-7-6-10-25-14-15/h5-10,14,17H,11-13H2,1-4H3. The van der Waals surface area contributed by atoms with Gasteiger partial charge in [-0.1, -0.05) is 26.0 Å². The molecule has 0 saturated carbocycles. The van der Waals surface area contributed by atoms with E-state index in [-0.39, 0.29) is 29.4 Å². The van der Waals surface area contributed by atoms with Crippen LogP contribution in [0.3, 0.4) is 0 Å². The van der Waals surface area contributed by atoms with Crippen molar-refractivity contribution in [1.82, 2.24) is 4.98 Å². The molecule has 1 unspecified atom stereocenters. The van der Waals surface area contributed by atoms with Gasteiger partial charge in [0.05, 0.1) is 26.1 Å². The first-order valence-electron chi connectivity index (χ1n) is 10.1. The molecule has 2 heterocycles. The van der Waals surface area contributed by atoms with Crippen molar-refractivity contribution < 1.29 is 19.1 Å². The van der Waals surface area contributed by atoms with Crippen LogP contribution in [-0.4, -0.2) is 30.9 Å². The van der Waals surface area contributed by atoms with E-state index in [1.165, 1.54) is 0 Å². The first kappa shape index (κ1) is 20.1. The van der Waals surface area contributed by atoms with Crippen molar-refractivity contribution in [2.24, 2.45) is 5.41 Å². The fourth-order valence-electron chi connectivity index (χ4n) is 4.65. The van der Waals surface area contributed by atoms with Gasteiger partial charge in [-0.05, 0) is 30.0 Å². The van der Waals surface area contributed by atoms with Crippen LogP contribution in [0.2, 0.25) is 0 Å². The summed E-state index contributed by atoms with van der Waals surface area (Å²) in [6.07, 6.45) is 4.61. The number of ether oxygens (including phenoxy) is 2. The number of nitrogens with zero attached hydrogens (tertiary/aromatic N) is 2. The van der Waals surface area contributed by atoms with Crippen molar-refractivity contribution in [2.75, 3.05) is 19.1 Å². The number of amides is 1. The Kier molecular flexibility index (Phi) is 5.10. The maximum absolute atomic E-state index is 13.4. The topological polar surface area (TPSA) is 68.7 Å². The van der Waals surface area contributed by atoms with Crippen LogP contribution in [0.15, 0.2) is 54.0 Å². The van der Waals surface area contributed by atoms with E-state index < -0.39 is 0 Å². The normalized spacial score (nSPS) is 20.8. The summed E-state index contributed by atoms with van der Waals surface area (Å²) in [5.41, 5.74) is 2.74. The SMILES string of the molecule is COc1cccc(C2CC(=O)N(c3cccnc3)C3=C2C(=O)CC(C)(C)C3)c1OC. The highest BCUT2D eigenvalue weighted by molar-refractivity contribution is 6.07. The van der Waals surface area contributed by atoms with Crippen LogP contribution in [0.1, 0.15) is 44.6 Å². The third-order valence-electron chi connectivity index (χ3n) is 5.86. The summed E-state index contributed by atoms with van der Waals surface area (Å²) in [5, 5.41) is 0. The highest BCUT2D eigenvalue weighted by Gasteiger charge is 2.45. The number of para-hydroxylation sites is 1. The predicted molar refractivity (Wildman–Crippen MR) is 114 cm³/mol. The molecule has 4 rings (SSSR count). The number of carbonyl (C=O) groups is 2. The summed E-state index contributed by atoms with van der Waals surface area (Å²) in [7, 11) is 3.16. The smallest absolute Gasteiger partial charge is 0.232 e. The zero-order chi connectivity index (χ0) is 21.5. The van der Waals surface area contributed by atoms with Crippen molar-refractivity contribution in [3.63, 3.8) is 0 Å². The van der Waals surface area contributed by atoms with Gasteiger partial charge in [-0.2, -0.15) is 0 Å². The number of allylic oxidation sites excluding steroid dienone is 2. The molecule has 1 aliphatic heterocycles. The minimum absolute atomic E-state index is 0.0536. The Balaban J connectivity index is 1.93. The number of Topliss-reactive ketones (excluding diaryl/α,β-unsaturated/α-hetero) is 1. The molecule has 1 amide bonds. The van der Waals surface area contributed by atoms with Crippen LogP contribution < -0.4 is 14.4 Å². The molecule has 2 aromatic rings. The van der Waals surface area contributed by atoms with Crippen LogP contribution in [0.5, 0.6) is 11.5 Å². The average molecular weight is 406 g/mol. The molecular formula is C24H26N2O4. The quantitative estimate of drug-likeness (QED) is 0.759. The van der Waals surface area contributed by atoms with E-state index in [0.717, 1.165) is 11.3 Å². The van der Waals surface area contributed by atoms with E-state index in [1.807, 2.05) is 24.3 Å². The Morgan fingerprint density at radius 1 is 1.07 bits per heavy atom. The summed E-state index contributed by atoms with van der Waals surface area (Å²) < 4.78 is 11.1. The molecule has 1 aliphatic carbocycles. The maximum Gasteiger partial charge on any atom is 0.232 e. The lowest BCUT2D eigenvalue weighted by Crippen LogP contribution is -2.43. The molecule has 0 saturated heterocycles. The monoisotopic (exact) mass is 406 g/mol. The van der Waals surface area contributed by atoms with E-state index in [9.17, 15) is 9.59 Å². The van der Waals surface area contributed by atoms with Gasteiger partial charge in [-0.25, -0.2) is 0 Å². The number of anilines is 1. The summed E-state index contributed by atoms with van der Waals surface area (Å²) in [6.45, 7) is 4.13. The van der Waals surface area contributed by atoms with Crippen LogP contribution in [0.4, 0.5) is 5.69 Å². The highest BCUT2D eigenvalue weighted by Crippen LogP contribution is 2.50.